The predicted octanol–water partition coefficient (Wildman–Crippen LogP) is 4.04. The Balaban J connectivity index is 1.63. The van der Waals surface area contributed by atoms with E-state index in [2.05, 4.69) is 15.3 Å². The maximum absolute atomic E-state index is 14.1. The lowest BCUT2D eigenvalue weighted by Gasteiger charge is -2.34. The van der Waals surface area contributed by atoms with Crippen molar-refractivity contribution in [2.75, 3.05) is 25.6 Å². The van der Waals surface area contributed by atoms with Crippen molar-refractivity contribution >= 4 is 39.9 Å². The largest absolute Gasteiger partial charge is 0.375 e. The van der Waals surface area contributed by atoms with E-state index in [9.17, 15) is 9.59 Å². The number of rotatable bonds is 6. The molecule has 180 valence electrons. The SMILES string of the molecule is COCC(=O)Nc1cc(C(=O)N2CCCCC2c2nccs2)c2c(c1)nc(-c1ccncc1)n2C. The molecule has 10 heteroatoms. The van der Waals surface area contributed by atoms with E-state index in [4.69, 9.17) is 9.72 Å². The second kappa shape index (κ2) is 9.93. The molecule has 1 aliphatic heterocycles. The lowest BCUT2D eigenvalue weighted by Crippen LogP contribution is -2.38. The predicted molar refractivity (Wildman–Crippen MR) is 134 cm³/mol. The van der Waals surface area contributed by atoms with E-state index < -0.39 is 0 Å². The molecule has 1 saturated heterocycles. The van der Waals surface area contributed by atoms with Crippen molar-refractivity contribution in [2.24, 2.45) is 7.05 Å². The minimum Gasteiger partial charge on any atom is -0.375 e. The Morgan fingerprint density at radius 1 is 1.20 bits per heavy atom. The van der Waals surface area contributed by atoms with Gasteiger partial charge < -0.3 is 19.5 Å². The molecule has 1 atom stereocenters. The summed E-state index contributed by atoms with van der Waals surface area (Å²) in [6, 6.07) is 7.23. The number of anilines is 1. The number of imidazole rings is 1. The Hall–Kier alpha value is -3.63. The highest BCUT2D eigenvalue weighted by Gasteiger charge is 2.32. The van der Waals surface area contributed by atoms with Gasteiger partial charge in [-0.25, -0.2) is 9.97 Å². The number of hydrogen-bond donors (Lipinski definition) is 1. The summed E-state index contributed by atoms with van der Waals surface area (Å²) in [5.41, 5.74) is 3.23. The number of carbonyl (C=O) groups is 2. The van der Waals surface area contributed by atoms with Crippen LogP contribution < -0.4 is 5.32 Å². The number of methoxy groups -OCH3 is 1. The molecule has 0 saturated carbocycles. The molecular weight excluding hydrogens is 464 g/mol. The van der Waals surface area contributed by atoms with Gasteiger partial charge in [0, 0.05) is 55.9 Å². The Kier molecular flexibility index (Phi) is 6.56. The second-order valence-electron chi connectivity index (χ2n) is 8.48. The average molecular weight is 491 g/mol. The number of piperidine rings is 1. The van der Waals surface area contributed by atoms with E-state index in [1.54, 1.807) is 42.1 Å². The van der Waals surface area contributed by atoms with Crippen molar-refractivity contribution in [3.63, 3.8) is 0 Å². The fourth-order valence-corrected chi connectivity index (χ4v) is 5.44. The van der Waals surface area contributed by atoms with Gasteiger partial charge in [0.05, 0.1) is 22.6 Å². The van der Waals surface area contributed by atoms with Crippen LogP contribution in [-0.4, -0.2) is 56.5 Å². The number of amides is 2. The van der Waals surface area contributed by atoms with Gasteiger partial charge in [0.2, 0.25) is 5.91 Å². The molecule has 1 N–H and O–H groups in total. The molecule has 5 rings (SSSR count). The third-order valence-electron chi connectivity index (χ3n) is 6.20. The number of likely N-dealkylation sites (tertiary alicyclic amines) is 1. The van der Waals surface area contributed by atoms with Crippen molar-refractivity contribution in [1.82, 2.24) is 24.4 Å². The van der Waals surface area contributed by atoms with Gasteiger partial charge in [-0.05, 0) is 43.5 Å². The smallest absolute Gasteiger partial charge is 0.256 e. The number of ether oxygens (including phenoxy) is 1. The molecule has 1 fully saturated rings. The monoisotopic (exact) mass is 490 g/mol. The highest BCUT2D eigenvalue weighted by Crippen LogP contribution is 2.36. The Labute approximate surface area is 206 Å². The van der Waals surface area contributed by atoms with Gasteiger partial charge in [-0.2, -0.15) is 0 Å². The number of aromatic nitrogens is 4. The van der Waals surface area contributed by atoms with Crippen LogP contribution in [0.2, 0.25) is 0 Å². The molecule has 2 amide bonds. The quantitative estimate of drug-likeness (QED) is 0.438. The van der Waals surface area contributed by atoms with E-state index in [1.807, 2.05) is 34.0 Å². The zero-order valence-electron chi connectivity index (χ0n) is 19.6. The first kappa shape index (κ1) is 23.1. The summed E-state index contributed by atoms with van der Waals surface area (Å²) in [4.78, 5) is 41.7. The Morgan fingerprint density at radius 3 is 2.77 bits per heavy atom. The zero-order valence-corrected chi connectivity index (χ0v) is 20.4. The molecular formula is C25H26N6O3S. The van der Waals surface area contributed by atoms with Crippen molar-refractivity contribution in [2.45, 2.75) is 25.3 Å². The van der Waals surface area contributed by atoms with E-state index in [-0.39, 0.29) is 24.5 Å². The van der Waals surface area contributed by atoms with Crippen molar-refractivity contribution in [3.8, 4) is 11.4 Å². The van der Waals surface area contributed by atoms with Crippen LogP contribution in [0.25, 0.3) is 22.4 Å². The fraction of sp³-hybridized carbons (Fsp3) is 0.320. The molecule has 3 aromatic heterocycles. The number of benzene rings is 1. The minimum absolute atomic E-state index is 0.0639. The van der Waals surface area contributed by atoms with E-state index in [0.29, 0.717) is 29.1 Å². The summed E-state index contributed by atoms with van der Waals surface area (Å²) in [7, 11) is 3.37. The van der Waals surface area contributed by atoms with E-state index >= 15 is 0 Å². The van der Waals surface area contributed by atoms with Gasteiger partial charge in [0.15, 0.2) is 0 Å². The van der Waals surface area contributed by atoms with Gasteiger partial charge in [-0.15, -0.1) is 11.3 Å². The number of fused-ring (bicyclic) bond motifs is 1. The van der Waals surface area contributed by atoms with Crippen LogP contribution in [0.1, 0.15) is 40.7 Å². The molecule has 0 bridgehead atoms. The standard InChI is InChI=1S/C25H26N6O3S/c1-30-22-18(25(33)31-11-4-3-5-20(31)24-27-10-12-35-24)13-17(28-21(32)15-34-2)14-19(22)29-23(30)16-6-8-26-9-7-16/h6-10,12-14,20H,3-5,11,15H2,1-2H3,(H,28,32). The number of carbonyl (C=O) groups excluding carboxylic acids is 2. The molecule has 1 aromatic carbocycles. The number of aryl methyl sites for hydroxylation is 1. The summed E-state index contributed by atoms with van der Waals surface area (Å²) in [5.74, 6) is 0.322. The highest BCUT2D eigenvalue weighted by atomic mass is 32.1. The number of nitrogens with zero attached hydrogens (tertiary/aromatic N) is 5. The number of hydrogen-bond acceptors (Lipinski definition) is 7. The summed E-state index contributed by atoms with van der Waals surface area (Å²) in [6.45, 7) is 0.573. The van der Waals surface area contributed by atoms with Gasteiger partial charge in [-0.1, -0.05) is 0 Å². The molecule has 9 nitrogen and oxygen atoms in total. The van der Waals surface area contributed by atoms with Crippen molar-refractivity contribution < 1.29 is 14.3 Å². The summed E-state index contributed by atoms with van der Waals surface area (Å²) in [6.07, 6.45) is 8.07. The van der Waals surface area contributed by atoms with Crippen molar-refractivity contribution in [3.05, 3.63) is 58.8 Å². The maximum atomic E-state index is 14.1. The van der Waals surface area contributed by atoms with Crippen LogP contribution in [0.3, 0.4) is 0 Å². The highest BCUT2D eigenvalue weighted by molar-refractivity contribution is 7.09. The van der Waals surface area contributed by atoms with Crippen LogP contribution in [0.5, 0.6) is 0 Å². The summed E-state index contributed by atoms with van der Waals surface area (Å²) >= 11 is 1.57. The molecule has 4 heterocycles. The molecule has 0 radical (unpaired) electrons. The van der Waals surface area contributed by atoms with E-state index in [0.717, 1.165) is 35.4 Å². The van der Waals surface area contributed by atoms with Crippen LogP contribution in [0.15, 0.2) is 48.2 Å². The third kappa shape index (κ3) is 4.54. The maximum Gasteiger partial charge on any atom is 0.256 e. The first-order chi connectivity index (χ1) is 17.1. The van der Waals surface area contributed by atoms with E-state index in [1.165, 1.54) is 7.11 Å². The van der Waals surface area contributed by atoms with Crippen molar-refractivity contribution in [1.29, 1.82) is 0 Å². The normalized spacial score (nSPS) is 15.9. The molecule has 1 aliphatic rings. The first-order valence-electron chi connectivity index (χ1n) is 11.5. The van der Waals surface area contributed by atoms with Gasteiger partial charge in [-0.3, -0.25) is 14.6 Å². The van der Waals surface area contributed by atoms with Crippen LogP contribution in [-0.2, 0) is 16.6 Å². The summed E-state index contributed by atoms with van der Waals surface area (Å²) in [5, 5.41) is 5.73. The average Bonchev–Trinajstić information content (AvgIpc) is 3.52. The summed E-state index contributed by atoms with van der Waals surface area (Å²) < 4.78 is 6.89. The minimum atomic E-state index is -0.297. The van der Waals surface area contributed by atoms with Gasteiger partial charge in [0.1, 0.15) is 17.4 Å². The topological polar surface area (TPSA) is 102 Å². The lowest BCUT2D eigenvalue weighted by molar-refractivity contribution is -0.119. The molecule has 0 spiro atoms. The first-order valence-corrected chi connectivity index (χ1v) is 12.3. The lowest BCUT2D eigenvalue weighted by atomic mass is 10.0. The Morgan fingerprint density at radius 2 is 2.03 bits per heavy atom. The fourth-order valence-electron chi connectivity index (χ4n) is 4.66. The molecule has 0 aliphatic carbocycles. The third-order valence-corrected chi connectivity index (χ3v) is 7.07. The zero-order chi connectivity index (χ0) is 24.4. The molecule has 4 aromatic rings. The number of pyridine rings is 1. The van der Waals surface area contributed by atoms with Gasteiger partial charge in [0.25, 0.3) is 5.91 Å². The molecule has 1 unspecified atom stereocenters. The Bertz CT molecular complexity index is 1350. The van der Waals surface area contributed by atoms with Gasteiger partial charge >= 0.3 is 0 Å². The number of thiazole rings is 1. The van der Waals surface area contributed by atoms with Crippen LogP contribution >= 0.6 is 11.3 Å². The number of nitrogens with one attached hydrogen (secondary N) is 1. The van der Waals surface area contributed by atoms with Crippen LogP contribution in [0, 0.1) is 0 Å². The molecule has 35 heavy (non-hydrogen) atoms. The second-order valence-corrected chi connectivity index (χ2v) is 9.41. The van der Waals surface area contributed by atoms with Crippen LogP contribution in [0.4, 0.5) is 5.69 Å².